The molecule has 0 unspecified atom stereocenters. The normalized spacial score (nSPS) is 11.1. The Hall–Kier alpha value is -2.63. The summed E-state index contributed by atoms with van der Waals surface area (Å²) in [5.74, 6) is -0.342. The molecule has 0 radical (unpaired) electrons. The Labute approximate surface area is 171 Å². The van der Waals surface area contributed by atoms with Crippen LogP contribution in [-0.4, -0.2) is 23.7 Å². The van der Waals surface area contributed by atoms with E-state index in [0.29, 0.717) is 17.8 Å². The van der Waals surface area contributed by atoms with Crippen molar-refractivity contribution >= 4 is 55.2 Å². The second kappa shape index (κ2) is 8.59. The van der Waals surface area contributed by atoms with Crippen molar-refractivity contribution in [3.8, 4) is 0 Å². The van der Waals surface area contributed by atoms with E-state index < -0.39 is 10.0 Å². The highest BCUT2D eigenvalue weighted by Gasteiger charge is 2.11. The molecular formula is C17H15FN5O2S3-. The first kappa shape index (κ1) is 20.1. The average Bonchev–Trinajstić information content (AvgIpc) is 3.11. The van der Waals surface area contributed by atoms with Crippen LogP contribution in [0.5, 0.6) is 0 Å². The van der Waals surface area contributed by atoms with E-state index in [2.05, 4.69) is 25.6 Å². The van der Waals surface area contributed by atoms with Gasteiger partial charge in [0.2, 0.25) is 10.0 Å². The van der Waals surface area contributed by atoms with Gasteiger partial charge in [0.05, 0.1) is 9.90 Å². The Morgan fingerprint density at radius 1 is 1.07 bits per heavy atom. The summed E-state index contributed by atoms with van der Waals surface area (Å²) in [6.45, 7) is 1.90. The number of hydrogen-bond donors (Lipinski definition) is 2. The van der Waals surface area contributed by atoms with E-state index in [1.54, 1.807) is 24.3 Å². The maximum absolute atomic E-state index is 12.9. The van der Waals surface area contributed by atoms with E-state index in [9.17, 15) is 12.8 Å². The summed E-state index contributed by atoms with van der Waals surface area (Å²) in [5.41, 5.74) is 1.21. The Morgan fingerprint density at radius 2 is 1.64 bits per heavy atom. The van der Waals surface area contributed by atoms with E-state index in [0.717, 1.165) is 16.3 Å². The summed E-state index contributed by atoms with van der Waals surface area (Å²) >= 11 is 6.33. The fourth-order valence-electron chi connectivity index (χ4n) is 2.12. The molecule has 7 nitrogen and oxygen atoms in total. The van der Waals surface area contributed by atoms with E-state index >= 15 is 0 Å². The molecule has 28 heavy (non-hydrogen) atoms. The Morgan fingerprint density at radius 3 is 2.18 bits per heavy atom. The first-order valence-corrected chi connectivity index (χ1v) is 10.8. The number of aryl methyl sites for hydroxylation is 1. The van der Waals surface area contributed by atoms with Crippen LogP contribution in [0.1, 0.15) is 11.9 Å². The van der Waals surface area contributed by atoms with Gasteiger partial charge >= 0.3 is 0 Å². The second-order valence-corrected chi connectivity index (χ2v) is 8.56. The van der Waals surface area contributed by atoms with E-state index in [1.165, 1.54) is 24.3 Å². The number of hydrogen-bond acceptors (Lipinski definition) is 6. The molecule has 0 bridgehead atoms. The SMILES string of the molecule is CCc1nnc([N-]S(=O)(=O)c2ccc(NC(=S)Nc3ccc(F)cc3)cc2)s1. The first-order chi connectivity index (χ1) is 13.4. The summed E-state index contributed by atoms with van der Waals surface area (Å²) in [6.07, 6.45) is 0.666. The number of nitrogens with one attached hydrogen (secondary N) is 2. The maximum Gasteiger partial charge on any atom is 0.203 e. The molecule has 3 rings (SSSR count). The highest BCUT2D eigenvalue weighted by Crippen LogP contribution is 2.31. The van der Waals surface area contributed by atoms with E-state index in [1.807, 2.05) is 6.92 Å². The van der Waals surface area contributed by atoms with Crippen LogP contribution in [0.2, 0.25) is 0 Å². The molecule has 0 amide bonds. The summed E-state index contributed by atoms with van der Waals surface area (Å²) in [7, 11) is -3.88. The molecule has 0 fully saturated rings. The predicted octanol–water partition coefficient (Wildman–Crippen LogP) is 4.44. The van der Waals surface area contributed by atoms with Crippen LogP contribution < -0.4 is 10.6 Å². The smallest absolute Gasteiger partial charge is 0.203 e. The van der Waals surface area contributed by atoms with Gasteiger partial charge in [-0.25, -0.2) is 12.8 Å². The highest BCUT2D eigenvalue weighted by molar-refractivity contribution is 7.94. The zero-order valence-corrected chi connectivity index (χ0v) is 17.0. The van der Waals surface area contributed by atoms with Gasteiger partial charge in [0, 0.05) is 16.5 Å². The predicted molar refractivity (Wildman–Crippen MR) is 112 cm³/mol. The lowest BCUT2D eigenvalue weighted by Crippen LogP contribution is -2.19. The summed E-state index contributed by atoms with van der Waals surface area (Å²) in [4.78, 5) is 0.0312. The zero-order chi connectivity index (χ0) is 20.1. The molecule has 0 aliphatic rings. The molecule has 146 valence electrons. The van der Waals surface area contributed by atoms with Gasteiger partial charge in [-0.1, -0.05) is 6.92 Å². The highest BCUT2D eigenvalue weighted by atomic mass is 32.2. The van der Waals surface area contributed by atoms with Gasteiger partial charge in [0.15, 0.2) is 5.11 Å². The first-order valence-electron chi connectivity index (χ1n) is 8.10. The van der Waals surface area contributed by atoms with Crippen molar-refractivity contribution in [1.82, 2.24) is 10.2 Å². The number of aromatic nitrogens is 2. The van der Waals surface area contributed by atoms with Crippen molar-refractivity contribution in [3.05, 3.63) is 64.1 Å². The molecule has 1 heterocycles. The van der Waals surface area contributed by atoms with Crippen molar-refractivity contribution in [2.75, 3.05) is 10.6 Å². The van der Waals surface area contributed by atoms with Crippen LogP contribution in [-0.2, 0) is 16.4 Å². The standard InChI is InChI=1S/C17H16FN5O2S3/c1-2-15-21-22-17(27-15)23-28(24,25)14-9-7-13(8-10-14)20-16(26)19-12-5-3-11(18)4-6-12/h3-10H,2H2,1H3,(H3,19,20,22,23,26)/p-1. The molecule has 0 spiro atoms. The van der Waals surface area contributed by atoms with Crippen LogP contribution in [0.3, 0.4) is 0 Å². The van der Waals surface area contributed by atoms with Crippen LogP contribution in [0.25, 0.3) is 4.72 Å². The zero-order valence-electron chi connectivity index (χ0n) is 14.6. The molecule has 0 aliphatic heterocycles. The van der Waals surface area contributed by atoms with E-state index in [-0.39, 0.29) is 21.0 Å². The minimum Gasteiger partial charge on any atom is -0.342 e. The van der Waals surface area contributed by atoms with Gasteiger partial charge in [-0.15, -0.1) is 11.3 Å². The van der Waals surface area contributed by atoms with Gasteiger partial charge in [0.1, 0.15) is 5.82 Å². The lowest BCUT2D eigenvalue weighted by molar-refractivity contribution is 0.603. The third-order valence-electron chi connectivity index (χ3n) is 3.47. The number of rotatable bonds is 6. The van der Waals surface area contributed by atoms with Crippen LogP contribution in [0, 0.1) is 5.82 Å². The molecule has 0 atom stereocenters. The fourth-order valence-corrected chi connectivity index (χ4v) is 4.14. The molecule has 0 saturated heterocycles. The molecule has 11 heteroatoms. The third kappa shape index (κ3) is 5.21. The molecule has 0 saturated carbocycles. The topological polar surface area (TPSA) is 98.1 Å². The van der Waals surface area contributed by atoms with Crippen molar-refractivity contribution in [2.45, 2.75) is 18.2 Å². The number of anilines is 2. The van der Waals surface area contributed by atoms with Crippen LogP contribution in [0.4, 0.5) is 20.9 Å². The monoisotopic (exact) mass is 436 g/mol. The Kier molecular flexibility index (Phi) is 6.17. The minimum absolute atomic E-state index is 0.0312. The van der Waals surface area contributed by atoms with Crippen molar-refractivity contribution in [3.63, 3.8) is 0 Å². The summed E-state index contributed by atoms with van der Waals surface area (Å²) in [6, 6.07) is 11.7. The second-order valence-electron chi connectivity index (χ2n) is 5.51. The van der Waals surface area contributed by atoms with Gasteiger partial charge in [-0.05, 0) is 67.2 Å². The number of thiocarbonyl (C=S) groups is 1. The summed E-state index contributed by atoms with van der Waals surface area (Å²) < 4.78 is 41.4. The van der Waals surface area contributed by atoms with Gasteiger partial charge in [0.25, 0.3) is 0 Å². The molecule has 0 aliphatic carbocycles. The lowest BCUT2D eigenvalue weighted by Gasteiger charge is -2.13. The van der Waals surface area contributed by atoms with Crippen molar-refractivity contribution < 1.29 is 12.8 Å². The maximum atomic E-state index is 12.9. The fraction of sp³-hybridized carbons (Fsp3) is 0.118. The minimum atomic E-state index is -3.88. The molecule has 3 aromatic rings. The molecular weight excluding hydrogens is 421 g/mol. The molecule has 2 aromatic carbocycles. The van der Waals surface area contributed by atoms with Crippen LogP contribution >= 0.6 is 23.6 Å². The quantitative estimate of drug-likeness (QED) is 0.551. The number of benzene rings is 2. The third-order valence-corrected chi connectivity index (χ3v) is 6.03. The molecule has 1 aromatic heterocycles. The number of nitrogens with zero attached hydrogens (tertiary/aromatic N) is 3. The van der Waals surface area contributed by atoms with Crippen LogP contribution in [0.15, 0.2) is 53.4 Å². The van der Waals surface area contributed by atoms with Gasteiger partial charge in [-0.3, -0.25) is 5.10 Å². The Balaban J connectivity index is 1.63. The Bertz CT molecular complexity index is 1070. The van der Waals surface area contributed by atoms with Gasteiger partial charge < -0.3 is 20.5 Å². The largest absolute Gasteiger partial charge is 0.342 e. The lowest BCUT2D eigenvalue weighted by atomic mass is 10.3. The van der Waals surface area contributed by atoms with E-state index in [4.69, 9.17) is 12.2 Å². The average molecular weight is 437 g/mol. The number of halogens is 1. The molecule has 2 N–H and O–H groups in total. The van der Waals surface area contributed by atoms with Gasteiger partial charge in [-0.2, -0.15) is 0 Å². The summed E-state index contributed by atoms with van der Waals surface area (Å²) in [5, 5.41) is 14.6. The number of sulfonamides is 1. The van der Waals surface area contributed by atoms with Crippen molar-refractivity contribution in [2.24, 2.45) is 0 Å². The van der Waals surface area contributed by atoms with Crippen molar-refractivity contribution in [1.29, 1.82) is 0 Å².